The van der Waals surface area contributed by atoms with Crippen LogP contribution in [0, 0.1) is 11.7 Å². The minimum atomic E-state index is -0.486. The van der Waals surface area contributed by atoms with Gasteiger partial charge in [0.05, 0.1) is 12.2 Å². The van der Waals surface area contributed by atoms with Crippen molar-refractivity contribution in [3.8, 4) is 5.75 Å². The lowest BCUT2D eigenvalue weighted by Gasteiger charge is -2.21. The second kappa shape index (κ2) is 7.04. The Balaban J connectivity index is 1.93. The van der Waals surface area contributed by atoms with E-state index in [0.29, 0.717) is 23.3 Å². The van der Waals surface area contributed by atoms with E-state index in [1.165, 1.54) is 38.2 Å². The lowest BCUT2D eigenvalue weighted by molar-refractivity contribution is 0.111. The fourth-order valence-electron chi connectivity index (χ4n) is 2.62. The van der Waals surface area contributed by atoms with E-state index in [1.807, 2.05) is 0 Å². The Labute approximate surface area is 121 Å². The molecule has 0 unspecified atom stereocenters. The molecule has 1 fully saturated rings. The van der Waals surface area contributed by atoms with E-state index in [-0.39, 0.29) is 11.3 Å². The molecule has 4 heteroatoms. The van der Waals surface area contributed by atoms with Gasteiger partial charge in [0.1, 0.15) is 0 Å². The molecule has 1 aliphatic carbocycles. The van der Waals surface area contributed by atoms with Gasteiger partial charge in [-0.15, -0.1) is 0 Å². The summed E-state index contributed by atoms with van der Waals surface area (Å²) in [6.07, 6.45) is 7.96. The van der Waals surface area contributed by atoms with Crippen LogP contribution in [0.4, 0.5) is 4.39 Å². The first kappa shape index (κ1) is 14.5. The highest BCUT2D eigenvalue weighted by Gasteiger charge is 2.15. The number of benzene rings is 1. The number of carbonyl (C=O) groups excluding carboxylic acids is 1. The van der Waals surface area contributed by atoms with Crippen LogP contribution in [0.15, 0.2) is 16.6 Å². The van der Waals surface area contributed by atoms with Crippen molar-refractivity contribution in [3.05, 3.63) is 28.0 Å². The molecule has 0 radical (unpaired) electrons. The maximum atomic E-state index is 13.7. The molecule has 0 bridgehead atoms. The number of hydrogen-bond acceptors (Lipinski definition) is 2. The Hall–Kier alpha value is -0.900. The van der Waals surface area contributed by atoms with E-state index in [2.05, 4.69) is 15.9 Å². The maximum absolute atomic E-state index is 13.7. The Morgan fingerprint density at radius 2 is 2.05 bits per heavy atom. The van der Waals surface area contributed by atoms with Crippen LogP contribution in [-0.4, -0.2) is 12.9 Å². The first-order valence-corrected chi connectivity index (χ1v) is 7.57. The highest BCUT2D eigenvalue weighted by atomic mass is 79.9. The third-order valence-corrected chi connectivity index (χ3v) is 4.12. The van der Waals surface area contributed by atoms with Crippen molar-refractivity contribution in [2.75, 3.05) is 6.61 Å². The average Bonchev–Trinajstić information content (AvgIpc) is 2.42. The van der Waals surface area contributed by atoms with E-state index in [9.17, 15) is 9.18 Å². The van der Waals surface area contributed by atoms with Gasteiger partial charge in [-0.05, 0) is 24.5 Å². The van der Waals surface area contributed by atoms with Gasteiger partial charge in [-0.3, -0.25) is 4.79 Å². The van der Waals surface area contributed by atoms with Gasteiger partial charge in [0, 0.05) is 4.47 Å². The molecule has 1 aliphatic rings. The zero-order chi connectivity index (χ0) is 13.7. The van der Waals surface area contributed by atoms with Crippen molar-refractivity contribution in [3.63, 3.8) is 0 Å². The van der Waals surface area contributed by atoms with Crippen LogP contribution in [0.5, 0.6) is 5.75 Å². The van der Waals surface area contributed by atoms with Crippen LogP contribution in [0.2, 0.25) is 0 Å². The summed E-state index contributed by atoms with van der Waals surface area (Å²) in [4.78, 5) is 10.9. The molecule has 0 aliphatic heterocycles. The van der Waals surface area contributed by atoms with Crippen molar-refractivity contribution in [1.82, 2.24) is 0 Å². The lowest BCUT2D eigenvalue weighted by atomic mass is 9.87. The van der Waals surface area contributed by atoms with Crippen molar-refractivity contribution in [1.29, 1.82) is 0 Å². The van der Waals surface area contributed by atoms with Crippen molar-refractivity contribution >= 4 is 22.2 Å². The maximum Gasteiger partial charge on any atom is 0.166 e. The van der Waals surface area contributed by atoms with Crippen LogP contribution in [0.3, 0.4) is 0 Å². The monoisotopic (exact) mass is 328 g/mol. The summed E-state index contributed by atoms with van der Waals surface area (Å²) in [6, 6.07) is 2.90. The summed E-state index contributed by atoms with van der Waals surface area (Å²) in [5.41, 5.74) is 0.260. The van der Waals surface area contributed by atoms with Crippen LogP contribution in [0.25, 0.3) is 0 Å². The highest BCUT2D eigenvalue weighted by molar-refractivity contribution is 9.10. The SMILES string of the molecule is O=Cc1cc(Br)cc(F)c1OCCC1CCCCC1. The lowest BCUT2D eigenvalue weighted by Crippen LogP contribution is -2.11. The third-order valence-electron chi connectivity index (χ3n) is 3.66. The summed E-state index contributed by atoms with van der Waals surface area (Å²) in [5.74, 6) is 0.279. The highest BCUT2D eigenvalue weighted by Crippen LogP contribution is 2.29. The first-order chi connectivity index (χ1) is 9.20. The Bertz CT molecular complexity index is 442. The molecule has 0 aromatic heterocycles. The first-order valence-electron chi connectivity index (χ1n) is 6.77. The second-order valence-corrected chi connectivity index (χ2v) is 5.98. The molecule has 0 heterocycles. The van der Waals surface area contributed by atoms with Gasteiger partial charge in [-0.25, -0.2) is 4.39 Å². The molecule has 1 saturated carbocycles. The van der Waals surface area contributed by atoms with Gasteiger partial charge in [0.25, 0.3) is 0 Å². The van der Waals surface area contributed by atoms with E-state index >= 15 is 0 Å². The minimum absolute atomic E-state index is 0.0778. The summed E-state index contributed by atoms with van der Waals surface area (Å²) in [7, 11) is 0. The van der Waals surface area contributed by atoms with Crippen molar-refractivity contribution in [2.24, 2.45) is 5.92 Å². The number of carbonyl (C=O) groups is 1. The molecule has 2 nitrogen and oxygen atoms in total. The largest absolute Gasteiger partial charge is 0.490 e. The Morgan fingerprint density at radius 3 is 2.74 bits per heavy atom. The van der Waals surface area contributed by atoms with Crippen LogP contribution in [-0.2, 0) is 0 Å². The molecule has 0 spiro atoms. The Morgan fingerprint density at radius 1 is 1.32 bits per heavy atom. The van der Waals surface area contributed by atoms with Gasteiger partial charge in [0.2, 0.25) is 0 Å². The van der Waals surface area contributed by atoms with Crippen LogP contribution >= 0.6 is 15.9 Å². The molecule has 1 aromatic carbocycles. The standard InChI is InChI=1S/C15H18BrFO2/c16-13-8-12(10-18)15(14(17)9-13)19-7-6-11-4-2-1-3-5-11/h8-11H,1-7H2. The molecule has 0 saturated heterocycles. The zero-order valence-corrected chi connectivity index (χ0v) is 12.4. The topological polar surface area (TPSA) is 26.3 Å². The van der Waals surface area contributed by atoms with Gasteiger partial charge in [0.15, 0.2) is 17.9 Å². The van der Waals surface area contributed by atoms with E-state index < -0.39 is 5.82 Å². The van der Waals surface area contributed by atoms with E-state index in [1.54, 1.807) is 6.07 Å². The number of ether oxygens (including phenoxy) is 1. The van der Waals surface area contributed by atoms with Gasteiger partial charge in [-0.2, -0.15) is 0 Å². The summed E-state index contributed by atoms with van der Waals surface area (Å²) in [6.45, 7) is 0.476. The van der Waals surface area contributed by atoms with Gasteiger partial charge >= 0.3 is 0 Å². The quantitative estimate of drug-likeness (QED) is 0.729. The molecule has 0 atom stereocenters. The number of halogens is 2. The fraction of sp³-hybridized carbons (Fsp3) is 0.533. The normalized spacial score (nSPS) is 16.3. The smallest absolute Gasteiger partial charge is 0.166 e. The zero-order valence-electron chi connectivity index (χ0n) is 10.8. The van der Waals surface area contributed by atoms with Crippen molar-refractivity contribution < 1.29 is 13.9 Å². The number of aldehydes is 1. The van der Waals surface area contributed by atoms with Gasteiger partial charge in [-0.1, -0.05) is 48.0 Å². The minimum Gasteiger partial charge on any atom is -0.490 e. The van der Waals surface area contributed by atoms with E-state index in [4.69, 9.17) is 4.74 Å². The number of hydrogen-bond donors (Lipinski definition) is 0. The molecular weight excluding hydrogens is 311 g/mol. The number of rotatable bonds is 5. The van der Waals surface area contributed by atoms with Crippen LogP contribution in [0.1, 0.15) is 48.9 Å². The van der Waals surface area contributed by atoms with Gasteiger partial charge < -0.3 is 4.74 Å². The predicted octanol–water partition coefficient (Wildman–Crippen LogP) is 4.75. The fourth-order valence-corrected chi connectivity index (χ4v) is 3.07. The molecule has 2 rings (SSSR count). The molecular formula is C15H18BrFO2. The molecule has 0 N–H and O–H groups in total. The molecule has 0 amide bonds. The average molecular weight is 329 g/mol. The summed E-state index contributed by atoms with van der Waals surface area (Å²) >= 11 is 3.16. The Kier molecular flexibility index (Phi) is 5.37. The van der Waals surface area contributed by atoms with E-state index in [0.717, 1.165) is 6.42 Å². The third kappa shape index (κ3) is 4.03. The van der Waals surface area contributed by atoms with Crippen LogP contribution < -0.4 is 4.74 Å². The predicted molar refractivity (Wildman–Crippen MR) is 76.2 cm³/mol. The second-order valence-electron chi connectivity index (χ2n) is 5.06. The molecule has 104 valence electrons. The summed E-state index contributed by atoms with van der Waals surface area (Å²) < 4.78 is 19.8. The molecule has 1 aromatic rings. The van der Waals surface area contributed by atoms with Crippen molar-refractivity contribution in [2.45, 2.75) is 38.5 Å². The molecule has 19 heavy (non-hydrogen) atoms. The summed E-state index contributed by atoms with van der Waals surface area (Å²) in [5, 5.41) is 0.